The largest absolute Gasteiger partial charge is 0.489 e. The molecule has 1 unspecified atom stereocenters. The van der Waals surface area contributed by atoms with E-state index in [-0.39, 0.29) is 16.2 Å². The molecular weight excluding hydrogens is 425 g/mol. The van der Waals surface area contributed by atoms with Crippen LogP contribution in [0.1, 0.15) is 34.6 Å². The van der Waals surface area contributed by atoms with Gasteiger partial charge in [0, 0.05) is 0 Å². The number of hydrogen-bond donors (Lipinski definition) is 0. The van der Waals surface area contributed by atoms with Gasteiger partial charge >= 0.3 is 0 Å². The van der Waals surface area contributed by atoms with Crippen LogP contribution >= 0.6 is 23.2 Å². The maximum absolute atomic E-state index is 5.91. The Bertz CT molecular complexity index is 852. The van der Waals surface area contributed by atoms with E-state index in [9.17, 15) is 0 Å². The molecule has 0 N–H and O–H groups in total. The highest BCUT2D eigenvalue weighted by atomic mass is 35.5. The normalized spacial score (nSPS) is 12.7. The summed E-state index contributed by atoms with van der Waals surface area (Å²) in [4.78, 5) is 5.44. The Kier molecular flexibility index (Phi) is 8.88. The lowest BCUT2D eigenvalue weighted by molar-refractivity contribution is -0.000605. The van der Waals surface area contributed by atoms with E-state index in [2.05, 4.69) is 5.16 Å². The fraction of sp³-hybridized carbons (Fsp3) is 0.348. The van der Waals surface area contributed by atoms with Crippen LogP contribution in [0.2, 0.25) is 0 Å². The molecule has 0 saturated carbocycles. The number of hydrogen-bond acceptors (Lipinski definition) is 5. The highest BCUT2D eigenvalue weighted by Gasteiger charge is 2.13. The van der Waals surface area contributed by atoms with E-state index in [4.69, 9.17) is 42.3 Å². The lowest BCUT2D eigenvalue weighted by Gasteiger charge is -2.19. The van der Waals surface area contributed by atoms with Gasteiger partial charge in [-0.15, -0.1) is 0 Å². The molecule has 0 aliphatic rings. The monoisotopic (exact) mass is 451 g/mol. The molecular formula is C23H27Cl2NO4. The first-order valence-electron chi connectivity index (χ1n) is 9.53. The van der Waals surface area contributed by atoms with Crippen LogP contribution in [0.15, 0.2) is 64.3 Å². The summed E-state index contributed by atoms with van der Waals surface area (Å²) in [5.74, 6) is 2.80. The predicted octanol–water partition coefficient (Wildman–Crippen LogP) is 7.14. The zero-order chi connectivity index (χ0) is 22.1. The van der Waals surface area contributed by atoms with Gasteiger partial charge in [-0.3, -0.25) is 0 Å². The predicted molar refractivity (Wildman–Crippen MR) is 122 cm³/mol. The third kappa shape index (κ3) is 8.97. The summed E-state index contributed by atoms with van der Waals surface area (Å²) in [5, 5.41) is 4.14. The van der Waals surface area contributed by atoms with E-state index in [0.29, 0.717) is 23.9 Å². The molecule has 0 radical (unpaired) electrons. The van der Waals surface area contributed by atoms with E-state index < -0.39 is 0 Å². The molecule has 0 aliphatic heterocycles. The summed E-state index contributed by atoms with van der Waals surface area (Å²) in [5.41, 5.74) is 0.426. The van der Waals surface area contributed by atoms with Crippen molar-refractivity contribution in [3.8, 4) is 23.0 Å². The zero-order valence-corrected chi connectivity index (χ0v) is 19.3. The van der Waals surface area contributed by atoms with Crippen LogP contribution in [0, 0.1) is 0 Å². The third-order valence-corrected chi connectivity index (χ3v) is 4.04. The highest BCUT2D eigenvalue weighted by Crippen LogP contribution is 2.26. The Labute approximate surface area is 188 Å². The molecule has 0 saturated heterocycles. The maximum atomic E-state index is 5.91. The minimum Gasteiger partial charge on any atom is -0.489 e. The van der Waals surface area contributed by atoms with Crippen LogP contribution in [0.5, 0.6) is 23.0 Å². The van der Waals surface area contributed by atoms with Crippen molar-refractivity contribution in [3.63, 3.8) is 0 Å². The molecule has 0 spiro atoms. The summed E-state index contributed by atoms with van der Waals surface area (Å²) in [6.07, 6.45) is 1.36. The zero-order valence-electron chi connectivity index (χ0n) is 17.8. The minimum atomic E-state index is -0.334. The van der Waals surface area contributed by atoms with Gasteiger partial charge in [0.15, 0.2) is 0 Å². The Morgan fingerprint density at radius 1 is 0.933 bits per heavy atom. The lowest BCUT2D eigenvalue weighted by atomic mass is 10.2. The van der Waals surface area contributed by atoms with Gasteiger partial charge in [-0.2, -0.15) is 0 Å². The van der Waals surface area contributed by atoms with Crippen LogP contribution in [0.4, 0.5) is 0 Å². The Morgan fingerprint density at radius 2 is 1.43 bits per heavy atom. The van der Waals surface area contributed by atoms with E-state index in [0.717, 1.165) is 11.5 Å². The fourth-order valence-electron chi connectivity index (χ4n) is 2.10. The first-order valence-corrected chi connectivity index (χ1v) is 10.3. The number of nitrogens with zero attached hydrogens (tertiary/aromatic N) is 1. The molecule has 1 atom stereocenters. The highest BCUT2D eigenvalue weighted by molar-refractivity contribution is 6.55. The number of ether oxygens (including phenoxy) is 3. The van der Waals surface area contributed by atoms with Crippen molar-refractivity contribution < 1.29 is 19.0 Å². The molecule has 2 aromatic carbocycles. The topological polar surface area (TPSA) is 49.3 Å². The molecule has 5 nitrogen and oxygen atoms in total. The van der Waals surface area contributed by atoms with Gasteiger partial charge < -0.3 is 19.0 Å². The van der Waals surface area contributed by atoms with Crippen LogP contribution in [0.25, 0.3) is 0 Å². The molecule has 0 aromatic heterocycles. The van der Waals surface area contributed by atoms with Gasteiger partial charge in [-0.05, 0) is 89.2 Å². The van der Waals surface area contributed by atoms with E-state index in [1.165, 1.54) is 0 Å². The second-order valence-corrected chi connectivity index (χ2v) is 8.55. The van der Waals surface area contributed by atoms with Crippen molar-refractivity contribution in [3.05, 3.63) is 59.1 Å². The average Bonchev–Trinajstić information content (AvgIpc) is 2.68. The number of oxime groups is 1. The van der Waals surface area contributed by atoms with Gasteiger partial charge in [0.25, 0.3) is 0 Å². The van der Waals surface area contributed by atoms with Crippen LogP contribution < -0.4 is 14.2 Å². The lowest BCUT2D eigenvalue weighted by Crippen LogP contribution is -2.24. The van der Waals surface area contributed by atoms with Gasteiger partial charge in [0.2, 0.25) is 0 Å². The molecule has 30 heavy (non-hydrogen) atoms. The maximum Gasteiger partial charge on any atom is 0.137 e. The quantitative estimate of drug-likeness (QED) is 0.300. The first-order chi connectivity index (χ1) is 14.1. The summed E-state index contributed by atoms with van der Waals surface area (Å²) in [6, 6.07) is 14.7. The smallest absolute Gasteiger partial charge is 0.137 e. The Balaban J connectivity index is 1.89. The van der Waals surface area contributed by atoms with Crippen molar-refractivity contribution in [1.82, 2.24) is 0 Å². The number of rotatable bonds is 9. The first kappa shape index (κ1) is 23.9. The van der Waals surface area contributed by atoms with Gasteiger partial charge in [-0.25, -0.2) is 0 Å². The molecule has 162 valence electrons. The van der Waals surface area contributed by atoms with Crippen molar-refractivity contribution in [2.24, 2.45) is 5.16 Å². The molecule has 0 amide bonds. The second kappa shape index (κ2) is 11.1. The second-order valence-electron chi connectivity index (χ2n) is 7.55. The van der Waals surface area contributed by atoms with E-state index >= 15 is 0 Å². The standard InChI is InChI=1S/C23H27Cl2NO4/c1-16(26-30-23(3,4)5)17(2)28-19-10-12-21(13-11-19)29-20-8-6-18(7-9-20)27-15-14-22(24)25/h6-14,17H,15H2,1-5H3. The Morgan fingerprint density at radius 3 is 1.93 bits per heavy atom. The van der Waals surface area contributed by atoms with Gasteiger partial charge in [0.1, 0.15) is 45.8 Å². The molecule has 0 bridgehead atoms. The van der Waals surface area contributed by atoms with Crippen LogP contribution in [0.3, 0.4) is 0 Å². The van der Waals surface area contributed by atoms with Gasteiger partial charge in [-0.1, -0.05) is 28.4 Å². The molecule has 0 fully saturated rings. The fourth-order valence-corrected chi connectivity index (χ4v) is 2.23. The number of halogens is 2. The summed E-state index contributed by atoms with van der Waals surface area (Å²) < 4.78 is 17.4. The average molecular weight is 452 g/mol. The minimum absolute atomic E-state index is 0.178. The molecule has 0 heterocycles. The Hall–Kier alpha value is -2.37. The summed E-state index contributed by atoms with van der Waals surface area (Å²) >= 11 is 11.1. The van der Waals surface area contributed by atoms with Crippen molar-refractivity contribution >= 4 is 28.9 Å². The van der Waals surface area contributed by atoms with Gasteiger partial charge in [0.05, 0.1) is 5.71 Å². The third-order valence-electron chi connectivity index (χ3n) is 3.74. The van der Waals surface area contributed by atoms with Crippen LogP contribution in [-0.4, -0.2) is 24.0 Å². The van der Waals surface area contributed by atoms with E-state index in [1.807, 2.05) is 83.1 Å². The molecule has 0 aliphatic carbocycles. The van der Waals surface area contributed by atoms with Crippen molar-refractivity contribution in [2.45, 2.75) is 46.3 Å². The summed E-state index contributed by atoms with van der Waals surface area (Å²) in [7, 11) is 0. The SMILES string of the molecule is CC(=NOC(C)(C)C)C(C)Oc1ccc(Oc2ccc(OCC=C(Cl)Cl)cc2)cc1. The molecule has 7 heteroatoms. The van der Waals surface area contributed by atoms with E-state index in [1.54, 1.807) is 6.08 Å². The van der Waals surface area contributed by atoms with Crippen molar-refractivity contribution in [2.75, 3.05) is 6.61 Å². The van der Waals surface area contributed by atoms with Crippen molar-refractivity contribution in [1.29, 1.82) is 0 Å². The number of benzene rings is 2. The molecule has 2 rings (SSSR count). The molecule has 2 aromatic rings. The summed E-state index contributed by atoms with van der Waals surface area (Å²) in [6.45, 7) is 9.95. The van der Waals surface area contributed by atoms with Crippen LogP contribution in [-0.2, 0) is 4.84 Å².